The first-order valence-electron chi connectivity index (χ1n) is 11.5. The van der Waals surface area contributed by atoms with Crippen LogP contribution in [-0.2, 0) is 11.3 Å². The lowest BCUT2D eigenvalue weighted by Gasteiger charge is -2.25. The number of amides is 2. The molecule has 2 fully saturated rings. The monoisotopic (exact) mass is 444 g/mol. The van der Waals surface area contributed by atoms with Crippen molar-refractivity contribution in [2.24, 2.45) is 5.92 Å². The van der Waals surface area contributed by atoms with E-state index in [0.29, 0.717) is 17.4 Å². The molecule has 0 bridgehead atoms. The minimum atomic E-state index is -0.138. The number of rotatable bonds is 5. The van der Waals surface area contributed by atoms with Gasteiger partial charge >= 0.3 is 0 Å². The number of hydrogen-bond donors (Lipinski definition) is 0. The van der Waals surface area contributed by atoms with E-state index in [0.717, 1.165) is 47.6 Å². The van der Waals surface area contributed by atoms with Crippen LogP contribution in [0.15, 0.2) is 59.6 Å². The van der Waals surface area contributed by atoms with Crippen LogP contribution in [0.4, 0.5) is 4.79 Å². The summed E-state index contributed by atoms with van der Waals surface area (Å²) in [5, 5.41) is 0.967. The van der Waals surface area contributed by atoms with Gasteiger partial charge in [-0.15, -0.1) is 0 Å². The van der Waals surface area contributed by atoms with Crippen molar-refractivity contribution in [1.29, 1.82) is 0 Å². The highest BCUT2D eigenvalue weighted by Gasteiger charge is 2.36. The number of carbonyl (C=O) groups is 2. The summed E-state index contributed by atoms with van der Waals surface area (Å²) >= 11 is 1.08. The number of benzene rings is 2. The predicted molar refractivity (Wildman–Crippen MR) is 131 cm³/mol. The van der Waals surface area contributed by atoms with Gasteiger partial charge in [-0.05, 0) is 55.2 Å². The number of imide groups is 1. The molecule has 0 spiro atoms. The first-order valence-corrected chi connectivity index (χ1v) is 12.3. The van der Waals surface area contributed by atoms with Crippen molar-refractivity contribution in [2.75, 3.05) is 6.54 Å². The lowest BCUT2D eigenvalue weighted by atomic mass is 9.89. The van der Waals surface area contributed by atoms with Gasteiger partial charge in [0.15, 0.2) is 0 Å². The average Bonchev–Trinajstić information content (AvgIpc) is 3.27. The molecule has 1 aliphatic heterocycles. The molecule has 1 aromatic heterocycles. The number of nitrogens with zero attached hydrogens (tertiary/aromatic N) is 2. The Morgan fingerprint density at radius 3 is 2.66 bits per heavy atom. The van der Waals surface area contributed by atoms with Crippen LogP contribution in [0.5, 0.6) is 0 Å². The van der Waals surface area contributed by atoms with E-state index in [2.05, 4.69) is 54.1 Å². The number of thioether (sulfide) groups is 1. The minimum absolute atomic E-state index is 0.129. The third-order valence-electron chi connectivity index (χ3n) is 6.58. The van der Waals surface area contributed by atoms with Crippen LogP contribution in [0.2, 0.25) is 0 Å². The molecule has 2 heterocycles. The van der Waals surface area contributed by atoms with Crippen molar-refractivity contribution in [3.05, 3.63) is 76.3 Å². The summed E-state index contributed by atoms with van der Waals surface area (Å²) in [4.78, 5) is 27.7. The Bertz CT molecular complexity index is 1200. The van der Waals surface area contributed by atoms with Gasteiger partial charge in [0.25, 0.3) is 11.1 Å². The Morgan fingerprint density at radius 1 is 1.03 bits per heavy atom. The molecule has 1 saturated carbocycles. The highest BCUT2D eigenvalue weighted by Crippen LogP contribution is 2.36. The summed E-state index contributed by atoms with van der Waals surface area (Å²) in [5.41, 5.74) is 4.59. The lowest BCUT2D eigenvalue weighted by Crippen LogP contribution is -2.34. The molecule has 0 radical (unpaired) electrons. The third kappa shape index (κ3) is 4.26. The van der Waals surface area contributed by atoms with Crippen LogP contribution < -0.4 is 0 Å². The lowest BCUT2D eigenvalue weighted by molar-refractivity contribution is -0.123. The molecule has 0 atom stereocenters. The number of carbonyl (C=O) groups excluding carboxylic acids is 2. The largest absolute Gasteiger partial charge is 0.342 e. The molecule has 3 aromatic rings. The van der Waals surface area contributed by atoms with Crippen LogP contribution in [0.3, 0.4) is 0 Å². The molecule has 2 amide bonds. The fraction of sp³-hybridized carbons (Fsp3) is 0.333. The van der Waals surface area contributed by atoms with Gasteiger partial charge in [-0.25, -0.2) is 0 Å². The smallest absolute Gasteiger partial charge is 0.293 e. The Morgan fingerprint density at radius 2 is 1.84 bits per heavy atom. The van der Waals surface area contributed by atoms with Gasteiger partial charge in [0, 0.05) is 35.8 Å². The summed E-state index contributed by atoms with van der Waals surface area (Å²) in [6.07, 6.45) is 9.92. The maximum Gasteiger partial charge on any atom is 0.293 e. The van der Waals surface area contributed by atoms with E-state index >= 15 is 0 Å². The SMILES string of the molecule is Cc1cccc(Cn2cc(/C=C3/SC(=O)N(CC4CCCCC4)C3=O)c3ccccc32)c1. The van der Waals surface area contributed by atoms with Gasteiger partial charge in [0.2, 0.25) is 0 Å². The van der Waals surface area contributed by atoms with E-state index in [1.165, 1.54) is 35.3 Å². The second-order valence-electron chi connectivity index (χ2n) is 9.01. The molecule has 4 nitrogen and oxygen atoms in total. The predicted octanol–water partition coefficient (Wildman–Crippen LogP) is 6.61. The molecule has 5 heteroatoms. The fourth-order valence-electron chi connectivity index (χ4n) is 4.95. The Kier molecular flexibility index (Phi) is 5.92. The first-order chi connectivity index (χ1) is 15.6. The molecule has 32 heavy (non-hydrogen) atoms. The van der Waals surface area contributed by atoms with Crippen molar-refractivity contribution in [1.82, 2.24) is 9.47 Å². The average molecular weight is 445 g/mol. The van der Waals surface area contributed by atoms with Crippen LogP contribution in [0.25, 0.3) is 17.0 Å². The summed E-state index contributed by atoms with van der Waals surface area (Å²) in [6, 6.07) is 16.8. The molecular weight excluding hydrogens is 416 g/mol. The van der Waals surface area contributed by atoms with Crippen molar-refractivity contribution in [3.63, 3.8) is 0 Å². The fourth-order valence-corrected chi connectivity index (χ4v) is 5.79. The molecular formula is C27H28N2O2S. The molecule has 0 N–H and O–H groups in total. The van der Waals surface area contributed by atoms with Crippen LogP contribution in [-0.4, -0.2) is 27.2 Å². The second-order valence-corrected chi connectivity index (χ2v) is 10.0. The third-order valence-corrected chi connectivity index (χ3v) is 7.49. The Labute approximate surface area is 193 Å². The topological polar surface area (TPSA) is 42.3 Å². The molecule has 1 saturated heterocycles. The zero-order chi connectivity index (χ0) is 22.1. The highest BCUT2D eigenvalue weighted by molar-refractivity contribution is 8.18. The zero-order valence-electron chi connectivity index (χ0n) is 18.4. The summed E-state index contributed by atoms with van der Waals surface area (Å²) in [6.45, 7) is 3.43. The maximum absolute atomic E-state index is 13.1. The molecule has 0 unspecified atom stereocenters. The number of aryl methyl sites for hydroxylation is 1. The standard InChI is InChI=1S/C27H28N2O2S/c1-19-8-7-11-21(14-19)16-28-18-22(23-12-5-6-13-24(23)28)15-25-26(30)29(27(31)32-25)17-20-9-3-2-4-10-20/h5-8,11-15,18,20H,2-4,9-10,16-17H2,1H3/b25-15+. The Balaban J connectivity index is 1.43. The van der Waals surface area contributed by atoms with Crippen molar-refractivity contribution < 1.29 is 9.59 Å². The van der Waals surface area contributed by atoms with Crippen LogP contribution >= 0.6 is 11.8 Å². The maximum atomic E-state index is 13.1. The van der Waals surface area contributed by atoms with Gasteiger partial charge in [-0.2, -0.15) is 0 Å². The van der Waals surface area contributed by atoms with Gasteiger partial charge in [-0.3, -0.25) is 14.5 Å². The van der Waals surface area contributed by atoms with Crippen LogP contribution in [0, 0.1) is 12.8 Å². The molecule has 5 rings (SSSR count). The normalized spacial score (nSPS) is 18.9. The van der Waals surface area contributed by atoms with Crippen molar-refractivity contribution in [2.45, 2.75) is 45.6 Å². The number of hydrogen-bond acceptors (Lipinski definition) is 3. The number of fused-ring (bicyclic) bond motifs is 1. The molecule has 164 valence electrons. The molecule has 2 aliphatic rings. The van der Waals surface area contributed by atoms with Crippen molar-refractivity contribution in [3.8, 4) is 0 Å². The second kappa shape index (κ2) is 8.99. The van der Waals surface area contributed by atoms with E-state index in [4.69, 9.17) is 0 Å². The van der Waals surface area contributed by atoms with E-state index in [1.54, 1.807) is 0 Å². The number of para-hydroxylation sites is 1. The quantitative estimate of drug-likeness (QED) is 0.416. The van der Waals surface area contributed by atoms with Gasteiger partial charge in [0.1, 0.15) is 0 Å². The van der Waals surface area contributed by atoms with E-state index in [9.17, 15) is 9.59 Å². The highest BCUT2D eigenvalue weighted by atomic mass is 32.2. The van der Waals surface area contributed by atoms with Gasteiger partial charge in [-0.1, -0.05) is 67.3 Å². The van der Waals surface area contributed by atoms with Gasteiger partial charge < -0.3 is 4.57 Å². The summed E-state index contributed by atoms with van der Waals surface area (Å²) < 4.78 is 2.22. The van der Waals surface area contributed by atoms with E-state index < -0.39 is 0 Å². The molecule has 2 aromatic carbocycles. The first kappa shape index (κ1) is 21.1. The van der Waals surface area contributed by atoms with Crippen LogP contribution in [0.1, 0.15) is 48.8 Å². The van der Waals surface area contributed by atoms with Gasteiger partial charge in [0.05, 0.1) is 4.91 Å². The molecule has 1 aliphatic carbocycles. The number of aromatic nitrogens is 1. The summed E-state index contributed by atoms with van der Waals surface area (Å²) in [7, 11) is 0. The van der Waals surface area contributed by atoms with Crippen molar-refractivity contribution >= 4 is 39.9 Å². The summed E-state index contributed by atoms with van der Waals surface area (Å²) in [5.74, 6) is 0.314. The van der Waals surface area contributed by atoms with E-state index in [1.807, 2.05) is 18.2 Å². The Hall–Kier alpha value is -2.79. The van der Waals surface area contributed by atoms with E-state index in [-0.39, 0.29) is 11.1 Å². The minimum Gasteiger partial charge on any atom is -0.342 e. The zero-order valence-corrected chi connectivity index (χ0v) is 19.2.